The van der Waals surface area contributed by atoms with Gasteiger partial charge in [-0.05, 0) is 35.4 Å². The number of hydrogen-bond donors (Lipinski definition) is 1. The molecule has 1 unspecified atom stereocenters. The van der Waals surface area contributed by atoms with E-state index in [2.05, 4.69) is 47.8 Å². The first kappa shape index (κ1) is 10.8. The minimum atomic E-state index is 0.335. The van der Waals surface area contributed by atoms with Crippen molar-refractivity contribution in [3.05, 3.63) is 48.0 Å². The maximum absolute atomic E-state index is 5.61. The Morgan fingerprint density at radius 2 is 1.94 bits per heavy atom. The van der Waals surface area contributed by atoms with Crippen molar-refractivity contribution in [2.24, 2.45) is 0 Å². The molecule has 1 heterocycles. The topological polar surface area (TPSA) is 21.3 Å². The molecular formula is C15H17NO. The van der Waals surface area contributed by atoms with Gasteiger partial charge in [0.05, 0.1) is 12.6 Å². The summed E-state index contributed by atoms with van der Waals surface area (Å²) in [6, 6.07) is 15.5. The van der Waals surface area contributed by atoms with Crippen molar-refractivity contribution in [2.45, 2.75) is 12.5 Å². The first-order valence-electron chi connectivity index (χ1n) is 6.23. The second-order valence-electron chi connectivity index (χ2n) is 4.54. The predicted molar refractivity (Wildman–Crippen MR) is 70.1 cm³/mol. The van der Waals surface area contributed by atoms with Crippen LogP contribution in [0.3, 0.4) is 0 Å². The van der Waals surface area contributed by atoms with Gasteiger partial charge in [-0.1, -0.05) is 36.4 Å². The Bertz CT molecular complexity index is 501. The molecule has 1 saturated heterocycles. The van der Waals surface area contributed by atoms with Crippen molar-refractivity contribution in [3.8, 4) is 0 Å². The number of hydrogen-bond acceptors (Lipinski definition) is 2. The van der Waals surface area contributed by atoms with Gasteiger partial charge >= 0.3 is 0 Å². The Morgan fingerprint density at radius 1 is 1.06 bits per heavy atom. The van der Waals surface area contributed by atoms with Crippen LogP contribution in [0.2, 0.25) is 0 Å². The number of fused-ring (bicyclic) bond motifs is 1. The van der Waals surface area contributed by atoms with Crippen molar-refractivity contribution in [2.75, 3.05) is 19.8 Å². The van der Waals surface area contributed by atoms with Crippen molar-refractivity contribution in [3.63, 3.8) is 0 Å². The lowest BCUT2D eigenvalue weighted by molar-refractivity contribution is 0.131. The minimum Gasteiger partial charge on any atom is -0.379 e. The fourth-order valence-corrected chi connectivity index (χ4v) is 2.35. The van der Waals surface area contributed by atoms with Crippen molar-refractivity contribution >= 4 is 10.8 Å². The highest BCUT2D eigenvalue weighted by Crippen LogP contribution is 2.21. The summed E-state index contributed by atoms with van der Waals surface area (Å²) in [5.41, 5.74) is 1.32. The van der Waals surface area contributed by atoms with E-state index in [4.69, 9.17) is 4.74 Å². The smallest absolute Gasteiger partial charge is 0.0661 e. The van der Waals surface area contributed by atoms with Gasteiger partial charge in [0.25, 0.3) is 0 Å². The van der Waals surface area contributed by atoms with E-state index < -0.39 is 0 Å². The third kappa shape index (κ3) is 2.33. The van der Waals surface area contributed by atoms with Crippen LogP contribution in [0.15, 0.2) is 42.5 Å². The van der Waals surface area contributed by atoms with Gasteiger partial charge in [0.15, 0.2) is 0 Å². The Kier molecular flexibility index (Phi) is 3.08. The van der Waals surface area contributed by atoms with Crippen LogP contribution in [0, 0.1) is 0 Å². The molecule has 1 aliphatic rings. The van der Waals surface area contributed by atoms with Crippen LogP contribution >= 0.6 is 0 Å². The molecule has 0 aliphatic carbocycles. The molecule has 0 radical (unpaired) electrons. The molecule has 2 aromatic carbocycles. The summed E-state index contributed by atoms with van der Waals surface area (Å²) in [6.07, 6.45) is 1.10. The highest BCUT2D eigenvalue weighted by atomic mass is 16.5. The molecule has 0 aromatic heterocycles. The largest absolute Gasteiger partial charge is 0.379 e. The molecule has 2 aromatic rings. The summed E-state index contributed by atoms with van der Waals surface area (Å²) >= 11 is 0. The third-order valence-corrected chi connectivity index (χ3v) is 3.32. The van der Waals surface area contributed by atoms with Crippen LogP contribution < -0.4 is 5.32 Å². The van der Waals surface area contributed by atoms with Gasteiger partial charge in [0, 0.05) is 6.61 Å². The zero-order valence-corrected chi connectivity index (χ0v) is 9.86. The first-order chi connectivity index (χ1) is 8.43. The van der Waals surface area contributed by atoms with Crippen molar-refractivity contribution in [1.82, 2.24) is 5.32 Å². The van der Waals surface area contributed by atoms with Crippen LogP contribution in [0.5, 0.6) is 0 Å². The van der Waals surface area contributed by atoms with Crippen LogP contribution in [0.1, 0.15) is 18.0 Å². The van der Waals surface area contributed by atoms with E-state index in [-0.39, 0.29) is 0 Å². The van der Waals surface area contributed by atoms with Gasteiger partial charge in [-0.25, -0.2) is 0 Å². The van der Waals surface area contributed by atoms with Gasteiger partial charge in [0.2, 0.25) is 0 Å². The lowest BCUT2D eigenvalue weighted by Crippen LogP contribution is -2.23. The Labute approximate surface area is 102 Å². The molecule has 88 valence electrons. The molecule has 1 N–H and O–H groups in total. The Morgan fingerprint density at radius 3 is 2.88 bits per heavy atom. The predicted octanol–water partition coefficient (Wildman–Crippen LogP) is 2.89. The highest BCUT2D eigenvalue weighted by Gasteiger charge is 2.13. The zero-order chi connectivity index (χ0) is 11.5. The van der Waals surface area contributed by atoms with E-state index in [9.17, 15) is 0 Å². The fraction of sp³-hybridized carbons (Fsp3) is 0.333. The average molecular weight is 227 g/mol. The van der Waals surface area contributed by atoms with E-state index in [0.29, 0.717) is 6.04 Å². The molecule has 2 heteroatoms. The SMILES string of the molecule is c1ccc2cc(C3COCCCN3)ccc2c1. The summed E-state index contributed by atoms with van der Waals surface area (Å²) in [6.45, 7) is 2.69. The molecule has 17 heavy (non-hydrogen) atoms. The molecular weight excluding hydrogens is 210 g/mol. The Hall–Kier alpha value is -1.38. The van der Waals surface area contributed by atoms with Crippen LogP contribution in [0.4, 0.5) is 0 Å². The quantitative estimate of drug-likeness (QED) is 0.808. The number of rotatable bonds is 1. The number of nitrogens with one attached hydrogen (secondary N) is 1. The molecule has 3 rings (SSSR count). The lowest BCUT2D eigenvalue weighted by Gasteiger charge is -2.16. The third-order valence-electron chi connectivity index (χ3n) is 3.32. The van der Waals surface area contributed by atoms with Crippen LogP contribution in [-0.2, 0) is 4.74 Å². The highest BCUT2D eigenvalue weighted by molar-refractivity contribution is 5.83. The number of benzene rings is 2. The molecule has 1 fully saturated rings. The van der Waals surface area contributed by atoms with Crippen molar-refractivity contribution in [1.29, 1.82) is 0 Å². The van der Waals surface area contributed by atoms with E-state index >= 15 is 0 Å². The van der Waals surface area contributed by atoms with E-state index in [0.717, 1.165) is 26.2 Å². The minimum absolute atomic E-state index is 0.335. The Balaban J connectivity index is 1.93. The molecule has 1 atom stereocenters. The second-order valence-corrected chi connectivity index (χ2v) is 4.54. The fourth-order valence-electron chi connectivity index (χ4n) is 2.35. The van der Waals surface area contributed by atoms with Crippen molar-refractivity contribution < 1.29 is 4.74 Å². The van der Waals surface area contributed by atoms with Crippen LogP contribution in [0.25, 0.3) is 10.8 Å². The van der Waals surface area contributed by atoms with Gasteiger partial charge in [-0.15, -0.1) is 0 Å². The second kappa shape index (κ2) is 4.86. The summed E-state index contributed by atoms with van der Waals surface area (Å²) in [7, 11) is 0. The number of ether oxygens (including phenoxy) is 1. The van der Waals surface area contributed by atoms with Gasteiger partial charge in [-0.3, -0.25) is 0 Å². The lowest BCUT2D eigenvalue weighted by atomic mass is 10.0. The monoisotopic (exact) mass is 227 g/mol. The molecule has 2 nitrogen and oxygen atoms in total. The summed E-state index contributed by atoms with van der Waals surface area (Å²) in [4.78, 5) is 0. The molecule has 0 saturated carbocycles. The summed E-state index contributed by atoms with van der Waals surface area (Å²) in [5.74, 6) is 0. The maximum atomic E-state index is 5.61. The van der Waals surface area contributed by atoms with Gasteiger partial charge in [0.1, 0.15) is 0 Å². The maximum Gasteiger partial charge on any atom is 0.0661 e. The van der Waals surface area contributed by atoms with Gasteiger partial charge in [-0.2, -0.15) is 0 Å². The zero-order valence-electron chi connectivity index (χ0n) is 9.86. The molecule has 0 spiro atoms. The van der Waals surface area contributed by atoms with E-state index in [1.54, 1.807) is 0 Å². The standard InChI is InChI=1S/C15H17NO/c1-2-5-13-10-14(7-6-12(13)4-1)15-11-17-9-3-8-16-15/h1-2,4-7,10,15-16H,3,8-9,11H2. The molecule has 0 bridgehead atoms. The summed E-state index contributed by atoms with van der Waals surface area (Å²) in [5, 5.41) is 6.14. The average Bonchev–Trinajstić information content (AvgIpc) is 2.67. The molecule has 0 amide bonds. The van der Waals surface area contributed by atoms with E-state index in [1.165, 1.54) is 16.3 Å². The van der Waals surface area contributed by atoms with Crippen LogP contribution in [-0.4, -0.2) is 19.8 Å². The first-order valence-corrected chi connectivity index (χ1v) is 6.23. The van der Waals surface area contributed by atoms with E-state index in [1.807, 2.05) is 0 Å². The summed E-state index contributed by atoms with van der Waals surface area (Å²) < 4.78 is 5.61. The molecule has 1 aliphatic heterocycles. The normalized spacial score (nSPS) is 21.3. The van der Waals surface area contributed by atoms with Gasteiger partial charge < -0.3 is 10.1 Å².